The normalized spacial score (nSPS) is 11.2. The SMILES string of the molecule is CN(C(=O)COc1ccc(Cl)cc1)C(C)(C)CBr. The van der Waals surface area contributed by atoms with Crippen LogP contribution in [0.1, 0.15) is 13.8 Å². The molecule has 18 heavy (non-hydrogen) atoms. The Morgan fingerprint density at radius 2 is 1.94 bits per heavy atom. The average molecular weight is 335 g/mol. The van der Waals surface area contributed by atoms with Crippen LogP contribution in [-0.2, 0) is 4.79 Å². The van der Waals surface area contributed by atoms with Crippen molar-refractivity contribution in [2.24, 2.45) is 0 Å². The lowest BCUT2D eigenvalue weighted by Crippen LogP contribution is -2.48. The number of amides is 1. The number of halogens is 2. The Kier molecular flexibility index (Phi) is 5.47. The van der Waals surface area contributed by atoms with E-state index in [9.17, 15) is 4.79 Å². The molecule has 1 amide bonds. The molecular weight excluding hydrogens is 318 g/mol. The van der Waals surface area contributed by atoms with Crippen molar-refractivity contribution in [3.05, 3.63) is 29.3 Å². The average Bonchev–Trinajstić information content (AvgIpc) is 2.36. The van der Waals surface area contributed by atoms with Crippen molar-refractivity contribution in [2.75, 3.05) is 19.0 Å². The molecule has 1 aromatic rings. The summed E-state index contributed by atoms with van der Waals surface area (Å²) in [5.74, 6) is 0.576. The topological polar surface area (TPSA) is 29.5 Å². The molecule has 0 fully saturated rings. The Morgan fingerprint density at radius 1 is 1.39 bits per heavy atom. The fourth-order valence-corrected chi connectivity index (χ4v) is 1.70. The third-order valence-corrected chi connectivity index (χ3v) is 4.41. The van der Waals surface area contributed by atoms with E-state index < -0.39 is 0 Å². The largest absolute Gasteiger partial charge is 0.484 e. The van der Waals surface area contributed by atoms with Crippen LogP contribution >= 0.6 is 27.5 Å². The number of nitrogens with zero attached hydrogens (tertiary/aromatic N) is 1. The molecule has 0 saturated heterocycles. The molecule has 0 aliphatic rings. The molecular formula is C13H17BrClNO2. The predicted octanol–water partition coefficient (Wildman–Crippen LogP) is 3.35. The first-order chi connectivity index (χ1) is 8.36. The number of alkyl halides is 1. The zero-order valence-corrected chi connectivity index (χ0v) is 13.1. The zero-order valence-electron chi connectivity index (χ0n) is 10.7. The molecule has 0 N–H and O–H groups in total. The quantitative estimate of drug-likeness (QED) is 0.773. The van der Waals surface area contributed by atoms with Crippen molar-refractivity contribution in [2.45, 2.75) is 19.4 Å². The molecule has 0 aliphatic carbocycles. The van der Waals surface area contributed by atoms with Crippen LogP contribution in [0.2, 0.25) is 5.02 Å². The van der Waals surface area contributed by atoms with Crippen LogP contribution in [0.3, 0.4) is 0 Å². The van der Waals surface area contributed by atoms with Gasteiger partial charge in [0.1, 0.15) is 5.75 Å². The highest BCUT2D eigenvalue weighted by Crippen LogP contribution is 2.17. The summed E-state index contributed by atoms with van der Waals surface area (Å²) in [6, 6.07) is 6.94. The van der Waals surface area contributed by atoms with Crippen LogP contribution in [0.15, 0.2) is 24.3 Å². The van der Waals surface area contributed by atoms with E-state index in [1.54, 1.807) is 36.2 Å². The van der Waals surface area contributed by atoms with Gasteiger partial charge in [0.05, 0.1) is 0 Å². The number of likely N-dealkylation sites (N-methyl/N-ethyl adjacent to an activating group) is 1. The zero-order chi connectivity index (χ0) is 13.8. The number of hydrogen-bond donors (Lipinski definition) is 0. The van der Waals surface area contributed by atoms with E-state index in [-0.39, 0.29) is 18.1 Å². The number of benzene rings is 1. The van der Waals surface area contributed by atoms with E-state index in [0.29, 0.717) is 16.1 Å². The summed E-state index contributed by atoms with van der Waals surface area (Å²) < 4.78 is 5.42. The summed E-state index contributed by atoms with van der Waals surface area (Å²) >= 11 is 9.16. The maximum absolute atomic E-state index is 11.9. The number of carbonyl (C=O) groups excluding carboxylic acids is 1. The second kappa shape index (κ2) is 6.43. The molecule has 3 nitrogen and oxygen atoms in total. The van der Waals surface area contributed by atoms with Crippen LogP contribution in [0.5, 0.6) is 5.75 Å². The molecule has 0 radical (unpaired) electrons. The minimum atomic E-state index is -0.236. The third-order valence-electron chi connectivity index (χ3n) is 2.79. The molecule has 0 spiro atoms. The van der Waals surface area contributed by atoms with Crippen LogP contribution in [0.4, 0.5) is 0 Å². The summed E-state index contributed by atoms with van der Waals surface area (Å²) in [5, 5.41) is 1.36. The fraction of sp³-hybridized carbons (Fsp3) is 0.462. The highest BCUT2D eigenvalue weighted by molar-refractivity contribution is 9.09. The van der Waals surface area contributed by atoms with Crippen molar-refractivity contribution in [1.82, 2.24) is 4.90 Å². The van der Waals surface area contributed by atoms with Crippen molar-refractivity contribution >= 4 is 33.4 Å². The Hall–Kier alpha value is -0.740. The summed E-state index contributed by atoms with van der Waals surface area (Å²) in [6.07, 6.45) is 0. The Bertz CT molecular complexity index is 406. The van der Waals surface area contributed by atoms with Gasteiger partial charge in [-0.25, -0.2) is 0 Å². The van der Waals surface area contributed by atoms with Gasteiger partial charge in [-0.15, -0.1) is 0 Å². The van der Waals surface area contributed by atoms with Crippen LogP contribution in [0.25, 0.3) is 0 Å². The van der Waals surface area contributed by atoms with Crippen molar-refractivity contribution < 1.29 is 9.53 Å². The minimum absolute atomic E-state index is 0.0224. The molecule has 0 bridgehead atoms. The lowest BCUT2D eigenvalue weighted by atomic mass is 10.1. The summed E-state index contributed by atoms with van der Waals surface area (Å²) in [6.45, 7) is 4.00. The van der Waals surface area contributed by atoms with E-state index in [1.165, 1.54) is 0 Å². The maximum atomic E-state index is 11.9. The van der Waals surface area contributed by atoms with Gasteiger partial charge < -0.3 is 9.64 Å². The highest BCUT2D eigenvalue weighted by Gasteiger charge is 2.26. The minimum Gasteiger partial charge on any atom is -0.484 e. The first-order valence-electron chi connectivity index (χ1n) is 5.58. The molecule has 1 rings (SSSR count). The summed E-state index contributed by atoms with van der Waals surface area (Å²) in [5.41, 5.74) is -0.236. The van der Waals surface area contributed by atoms with Gasteiger partial charge in [-0.05, 0) is 38.1 Å². The van der Waals surface area contributed by atoms with Crippen molar-refractivity contribution in [1.29, 1.82) is 0 Å². The Balaban J connectivity index is 2.53. The standard InChI is InChI=1S/C13H17BrClNO2/c1-13(2,9-14)16(3)12(17)8-18-11-6-4-10(15)5-7-11/h4-7H,8-9H2,1-3H3. The number of hydrogen-bond acceptors (Lipinski definition) is 2. The van der Waals surface area contributed by atoms with Gasteiger partial charge in [0.2, 0.25) is 0 Å². The second-order valence-corrected chi connectivity index (χ2v) is 5.64. The van der Waals surface area contributed by atoms with E-state index in [1.807, 2.05) is 13.8 Å². The fourth-order valence-electron chi connectivity index (χ4n) is 1.20. The van der Waals surface area contributed by atoms with E-state index in [2.05, 4.69) is 15.9 Å². The summed E-state index contributed by atoms with van der Waals surface area (Å²) in [4.78, 5) is 13.6. The first kappa shape index (κ1) is 15.3. The van der Waals surface area contributed by atoms with Gasteiger partial charge in [-0.3, -0.25) is 4.79 Å². The van der Waals surface area contributed by atoms with Crippen molar-refractivity contribution in [3.8, 4) is 5.75 Å². The van der Waals surface area contributed by atoms with Gasteiger partial charge in [0.15, 0.2) is 6.61 Å². The molecule has 5 heteroatoms. The number of ether oxygens (including phenoxy) is 1. The number of rotatable bonds is 5. The lowest BCUT2D eigenvalue weighted by Gasteiger charge is -2.34. The van der Waals surface area contributed by atoms with Gasteiger partial charge >= 0.3 is 0 Å². The Labute approximate surface area is 121 Å². The van der Waals surface area contributed by atoms with Gasteiger partial charge in [-0.2, -0.15) is 0 Å². The molecule has 1 aromatic carbocycles. The van der Waals surface area contributed by atoms with E-state index >= 15 is 0 Å². The Morgan fingerprint density at radius 3 is 2.44 bits per heavy atom. The van der Waals surface area contributed by atoms with Gasteiger partial charge in [-0.1, -0.05) is 27.5 Å². The van der Waals surface area contributed by atoms with Crippen LogP contribution < -0.4 is 4.74 Å². The lowest BCUT2D eigenvalue weighted by molar-refractivity contribution is -0.136. The van der Waals surface area contributed by atoms with Crippen LogP contribution in [0, 0.1) is 0 Å². The van der Waals surface area contributed by atoms with E-state index in [0.717, 1.165) is 0 Å². The highest BCUT2D eigenvalue weighted by atomic mass is 79.9. The third kappa shape index (κ3) is 4.18. The molecule has 0 aromatic heterocycles. The molecule has 0 unspecified atom stereocenters. The van der Waals surface area contributed by atoms with E-state index in [4.69, 9.17) is 16.3 Å². The van der Waals surface area contributed by atoms with Crippen LogP contribution in [-0.4, -0.2) is 35.3 Å². The molecule has 0 saturated carbocycles. The van der Waals surface area contributed by atoms with Gasteiger partial charge in [0, 0.05) is 22.9 Å². The van der Waals surface area contributed by atoms with Crippen molar-refractivity contribution in [3.63, 3.8) is 0 Å². The van der Waals surface area contributed by atoms with Gasteiger partial charge in [0.25, 0.3) is 5.91 Å². The maximum Gasteiger partial charge on any atom is 0.260 e. The monoisotopic (exact) mass is 333 g/mol. The molecule has 0 aliphatic heterocycles. The second-order valence-electron chi connectivity index (χ2n) is 4.64. The number of carbonyl (C=O) groups is 1. The smallest absolute Gasteiger partial charge is 0.260 e. The molecule has 0 heterocycles. The molecule has 0 atom stereocenters. The molecule has 100 valence electrons. The summed E-state index contributed by atoms with van der Waals surface area (Å²) in [7, 11) is 1.77. The first-order valence-corrected chi connectivity index (χ1v) is 7.08. The predicted molar refractivity (Wildman–Crippen MR) is 77.6 cm³/mol.